The summed E-state index contributed by atoms with van der Waals surface area (Å²) in [4.78, 5) is 17.5. The second-order valence-corrected chi connectivity index (χ2v) is 17.5. The Balaban J connectivity index is 1.03. The van der Waals surface area contributed by atoms with Crippen LogP contribution in [-0.2, 0) is 21.3 Å². The van der Waals surface area contributed by atoms with Crippen LogP contribution in [0.4, 0.5) is 10.5 Å². The normalized spacial score (nSPS) is 34.7. The van der Waals surface area contributed by atoms with Crippen LogP contribution in [0.3, 0.4) is 0 Å². The molecule has 8 aliphatic rings. The lowest BCUT2D eigenvalue weighted by Crippen LogP contribution is -2.80. The number of nitrogens with one attached hydrogen (secondary N) is 1. The average Bonchev–Trinajstić information content (AvgIpc) is 3.84. The molecule has 264 valence electrons. The summed E-state index contributed by atoms with van der Waals surface area (Å²) in [5, 5.41) is 3.93. The number of para-hydroxylation sites is 1. The largest absolute Gasteiger partial charge is 0.493 e. The van der Waals surface area contributed by atoms with Gasteiger partial charge in [0.2, 0.25) is 0 Å². The number of carbonyl (C=O) groups is 1. The van der Waals surface area contributed by atoms with Gasteiger partial charge in [0.05, 0.1) is 7.11 Å². The van der Waals surface area contributed by atoms with Gasteiger partial charge in [0.15, 0.2) is 11.5 Å². The number of benzene rings is 2. The predicted octanol–water partition coefficient (Wildman–Crippen LogP) is 7.15. The first-order valence-corrected chi connectivity index (χ1v) is 19.1. The molecule has 1 amide bonds. The number of hydrogen-bond donors (Lipinski definition) is 1. The number of nitrogens with zero attached hydrogens (tertiary/aromatic N) is 2. The van der Waals surface area contributed by atoms with Crippen LogP contribution in [0.5, 0.6) is 11.5 Å². The standard InChI is InChI=1S/C41H55N3O5/c1-38(2,3)49-37(45)43-19-14-26(15-20-43)24-42-31-9-7-6-8-29(31)30-23-39-16-17-41(30,47-5)36-40(39)18-21-44(25-27-10-11-27)33(39)22-28-12-13-32(46-4)35(48-36)34(28)40/h6-9,12-13,26-27,30,33,36,42H,10-11,14-25H2,1-5H3/t30-,33-,36-,39-,40+,41-/m1/s1. The molecule has 0 aromatic heterocycles. The van der Waals surface area contributed by atoms with E-state index in [0.29, 0.717) is 12.0 Å². The molecule has 6 atom stereocenters. The fourth-order valence-corrected chi connectivity index (χ4v) is 11.8. The van der Waals surface area contributed by atoms with Crippen LogP contribution >= 0.6 is 0 Å². The van der Waals surface area contributed by atoms with E-state index in [-0.39, 0.29) is 28.9 Å². The number of amides is 1. The lowest BCUT2D eigenvalue weighted by atomic mass is 9.34. The SMILES string of the molecule is COc1ccc2c3c1O[C@H]1[C@@]4(OC)CC[C@@]5(C[C@@H]4c4ccccc4NCC4CCN(C(=O)OC(C)(C)C)CC4)[C@@H](C2)N(CC2CC2)CC[C@]315. The van der Waals surface area contributed by atoms with Gasteiger partial charge in [0.25, 0.3) is 0 Å². The first-order chi connectivity index (χ1) is 23.6. The van der Waals surface area contributed by atoms with Gasteiger partial charge in [-0.15, -0.1) is 0 Å². The van der Waals surface area contributed by atoms with E-state index >= 15 is 0 Å². The number of anilines is 1. The summed E-state index contributed by atoms with van der Waals surface area (Å²) in [5.74, 6) is 3.46. The van der Waals surface area contributed by atoms with Crippen molar-refractivity contribution in [2.45, 2.75) is 113 Å². The lowest BCUT2D eigenvalue weighted by molar-refractivity contribution is -0.261. The van der Waals surface area contributed by atoms with Crippen molar-refractivity contribution in [1.29, 1.82) is 0 Å². The van der Waals surface area contributed by atoms with Gasteiger partial charge < -0.3 is 29.2 Å². The summed E-state index contributed by atoms with van der Waals surface area (Å²) in [7, 11) is 3.73. The van der Waals surface area contributed by atoms with E-state index in [1.54, 1.807) is 7.11 Å². The molecule has 5 aliphatic carbocycles. The van der Waals surface area contributed by atoms with Crippen molar-refractivity contribution in [2.24, 2.45) is 17.3 Å². The van der Waals surface area contributed by atoms with Crippen LogP contribution in [0, 0.1) is 17.3 Å². The highest BCUT2D eigenvalue weighted by Gasteiger charge is 2.81. The number of rotatable bonds is 8. The third-order valence-corrected chi connectivity index (χ3v) is 14.0. The van der Waals surface area contributed by atoms with Crippen molar-refractivity contribution in [3.8, 4) is 11.5 Å². The molecule has 2 aromatic rings. The Labute approximate surface area is 292 Å². The van der Waals surface area contributed by atoms with Gasteiger partial charge in [-0.2, -0.15) is 0 Å². The van der Waals surface area contributed by atoms with E-state index < -0.39 is 11.2 Å². The second kappa shape index (κ2) is 11.3. The zero-order chi connectivity index (χ0) is 33.8. The van der Waals surface area contributed by atoms with E-state index in [2.05, 4.69) is 46.6 Å². The summed E-state index contributed by atoms with van der Waals surface area (Å²) in [5.41, 5.74) is 4.71. The number of hydrogen-bond acceptors (Lipinski definition) is 7. The maximum atomic E-state index is 12.7. The van der Waals surface area contributed by atoms with Crippen LogP contribution in [-0.4, -0.2) is 86.2 Å². The summed E-state index contributed by atoms with van der Waals surface area (Å²) in [6, 6.07) is 14.0. The molecule has 4 saturated carbocycles. The Kier molecular flexibility index (Phi) is 7.35. The molecule has 10 rings (SSSR count). The van der Waals surface area contributed by atoms with E-state index in [4.69, 9.17) is 18.9 Å². The molecule has 8 heteroatoms. The maximum Gasteiger partial charge on any atom is 0.410 e. The number of fused-ring (bicyclic) bond motifs is 2. The van der Waals surface area contributed by atoms with Gasteiger partial charge in [-0.1, -0.05) is 24.3 Å². The molecule has 4 bridgehead atoms. The Hall–Kier alpha value is -2.97. The highest BCUT2D eigenvalue weighted by atomic mass is 16.6. The molecule has 0 radical (unpaired) electrons. The van der Waals surface area contributed by atoms with Crippen molar-refractivity contribution in [1.82, 2.24) is 9.80 Å². The zero-order valence-corrected chi connectivity index (χ0v) is 30.2. The van der Waals surface area contributed by atoms with E-state index in [0.717, 1.165) is 82.1 Å². The number of ether oxygens (including phenoxy) is 4. The molecule has 49 heavy (non-hydrogen) atoms. The van der Waals surface area contributed by atoms with Crippen molar-refractivity contribution >= 4 is 11.8 Å². The summed E-state index contributed by atoms with van der Waals surface area (Å²) in [6.07, 6.45) is 10.0. The molecular weight excluding hydrogens is 614 g/mol. The van der Waals surface area contributed by atoms with Crippen LogP contribution in [0.1, 0.15) is 94.7 Å². The minimum atomic E-state index is -0.469. The van der Waals surface area contributed by atoms with E-state index in [1.807, 2.05) is 32.8 Å². The molecule has 3 aliphatic heterocycles. The van der Waals surface area contributed by atoms with Gasteiger partial charge in [-0.25, -0.2) is 4.79 Å². The number of likely N-dealkylation sites (tertiary alicyclic amines) is 2. The average molecular weight is 670 g/mol. The van der Waals surface area contributed by atoms with Crippen LogP contribution in [0.15, 0.2) is 36.4 Å². The van der Waals surface area contributed by atoms with Crippen molar-refractivity contribution < 1.29 is 23.7 Å². The van der Waals surface area contributed by atoms with Gasteiger partial charge in [-0.3, -0.25) is 4.90 Å². The third-order valence-electron chi connectivity index (χ3n) is 14.0. The minimum Gasteiger partial charge on any atom is -0.493 e. The molecule has 0 unspecified atom stereocenters. The van der Waals surface area contributed by atoms with Gasteiger partial charge in [0.1, 0.15) is 17.3 Å². The number of methoxy groups -OCH3 is 2. The highest BCUT2D eigenvalue weighted by molar-refractivity contribution is 5.68. The summed E-state index contributed by atoms with van der Waals surface area (Å²) < 4.78 is 25.9. The fourth-order valence-electron chi connectivity index (χ4n) is 11.8. The Morgan fingerprint density at radius 3 is 2.51 bits per heavy atom. The molecular formula is C41H55N3O5. The molecule has 1 N–H and O–H groups in total. The van der Waals surface area contributed by atoms with E-state index in [1.165, 1.54) is 48.2 Å². The molecule has 3 heterocycles. The smallest absolute Gasteiger partial charge is 0.410 e. The Morgan fingerprint density at radius 2 is 1.78 bits per heavy atom. The number of piperidine rings is 2. The van der Waals surface area contributed by atoms with Crippen LogP contribution in [0.2, 0.25) is 0 Å². The number of carbonyl (C=O) groups excluding carboxylic acids is 1. The second-order valence-electron chi connectivity index (χ2n) is 17.5. The molecule has 2 spiro atoms. The van der Waals surface area contributed by atoms with Gasteiger partial charge in [0, 0.05) is 67.3 Å². The monoisotopic (exact) mass is 669 g/mol. The van der Waals surface area contributed by atoms with Gasteiger partial charge >= 0.3 is 6.09 Å². The minimum absolute atomic E-state index is 0.0429. The van der Waals surface area contributed by atoms with Crippen LogP contribution < -0.4 is 14.8 Å². The van der Waals surface area contributed by atoms with Crippen LogP contribution in [0.25, 0.3) is 0 Å². The predicted molar refractivity (Wildman–Crippen MR) is 190 cm³/mol. The maximum absolute atomic E-state index is 12.7. The third kappa shape index (κ3) is 4.64. The first-order valence-electron chi connectivity index (χ1n) is 19.1. The molecule has 8 nitrogen and oxygen atoms in total. The topological polar surface area (TPSA) is 72.5 Å². The van der Waals surface area contributed by atoms with Crippen molar-refractivity contribution in [3.63, 3.8) is 0 Å². The zero-order valence-electron chi connectivity index (χ0n) is 30.2. The molecule has 2 aromatic carbocycles. The summed E-state index contributed by atoms with van der Waals surface area (Å²) in [6.45, 7) is 10.6. The first kappa shape index (κ1) is 32.0. The highest BCUT2D eigenvalue weighted by Crippen LogP contribution is 2.78. The Bertz CT molecular complexity index is 1630. The molecule has 2 saturated heterocycles. The van der Waals surface area contributed by atoms with Crippen molar-refractivity contribution in [3.05, 3.63) is 53.1 Å². The lowest BCUT2D eigenvalue weighted by Gasteiger charge is -2.74. The Morgan fingerprint density at radius 1 is 0.980 bits per heavy atom. The quantitative estimate of drug-likeness (QED) is 0.320. The fraction of sp³-hybridized carbons (Fsp3) is 0.683. The van der Waals surface area contributed by atoms with E-state index in [9.17, 15) is 4.79 Å². The summed E-state index contributed by atoms with van der Waals surface area (Å²) >= 11 is 0. The van der Waals surface area contributed by atoms with Crippen molar-refractivity contribution in [2.75, 3.05) is 52.3 Å². The molecule has 6 fully saturated rings. The van der Waals surface area contributed by atoms with Gasteiger partial charge in [-0.05, 0) is 120 Å².